The summed E-state index contributed by atoms with van der Waals surface area (Å²) in [5.41, 5.74) is 5.97. The van der Waals surface area contributed by atoms with Gasteiger partial charge < -0.3 is 20.4 Å². The molecular weight excluding hydrogens is 478 g/mol. The first-order valence-corrected chi connectivity index (χ1v) is 11.9. The van der Waals surface area contributed by atoms with E-state index in [2.05, 4.69) is 29.2 Å². The molecule has 1 aliphatic rings. The van der Waals surface area contributed by atoms with Crippen LogP contribution in [0.25, 0.3) is 67.2 Å². The van der Waals surface area contributed by atoms with Crippen LogP contribution in [0.4, 0.5) is 0 Å². The summed E-state index contributed by atoms with van der Waals surface area (Å²) in [4.78, 5) is 14.0. The lowest BCUT2D eigenvalue weighted by atomic mass is 9.98. The smallest absolute Gasteiger partial charge is 0.167 e. The predicted molar refractivity (Wildman–Crippen MR) is 145 cm³/mol. The fraction of sp³-hybridized carbons (Fsp3) is 0. The molecule has 0 atom stereocenters. The van der Waals surface area contributed by atoms with Crippen LogP contribution in [0, 0.1) is 0 Å². The fourth-order valence-corrected chi connectivity index (χ4v) is 5.16. The Hall–Kier alpha value is -5.43. The van der Waals surface area contributed by atoms with Crippen LogP contribution in [0.1, 0.15) is 0 Å². The van der Waals surface area contributed by atoms with E-state index in [1.807, 2.05) is 30.3 Å². The first-order valence-electron chi connectivity index (χ1n) is 11.9. The van der Waals surface area contributed by atoms with Gasteiger partial charge in [0.15, 0.2) is 17.5 Å². The van der Waals surface area contributed by atoms with E-state index in [1.165, 1.54) is 47.5 Å². The van der Waals surface area contributed by atoms with Gasteiger partial charge >= 0.3 is 0 Å². The molecule has 182 valence electrons. The lowest BCUT2D eigenvalue weighted by molar-refractivity contribution is 0.451. The first-order chi connectivity index (χ1) is 18.5. The van der Waals surface area contributed by atoms with E-state index in [0.717, 1.165) is 27.5 Å². The third-order valence-corrected chi connectivity index (χ3v) is 6.87. The number of nitrogens with zero attached hydrogens (tertiary/aromatic N) is 3. The zero-order chi connectivity index (χ0) is 26.0. The molecule has 38 heavy (non-hydrogen) atoms. The summed E-state index contributed by atoms with van der Waals surface area (Å²) in [6, 6.07) is 26.8. The van der Waals surface area contributed by atoms with Crippen molar-refractivity contribution in [1.82, 2.24) is 15.0 Å². The average molecular weight is 498 g/mol. The van der Waals surface area contributed by atoms with Gasteiger partial charge in [-0.3, -0.25) is 0 Å². The summed E-state index contributed by atoms with van der Waals surface area (Å²) in [6.07, 6.45) is 0. The maximum absolute atomic E-state index is 10.6. The van der Waals surface area contributed by atoms with E-state index in [9.17, 15) is 20.4 Å². The number of rotatable bonds is 3. The minimum absolute atomic E-state index is 0.0935. The third-order valence-electron chi connectivity index (χ3n) is 6.87. The highest BCUT2D eigenvalue weighted by Gasteiger charge is 2.24. The van der Waals surface area contributed by atoms with Gasteiger partial charge in [-0.2, -0.15) is 0 Å². The molecule has 0 saturated carbocycles. The van der Waals surface area contributed by atoms with Crippen molar-refractivity contribution in [2.75, 3.05) is 0 Å². The van der Waals surface area contributed by atoms with Crippen LogP contribution in [-0.2, 0) is 0 Å². The number of phenolic OH excluding ortho intramolecular Hbond substituents is 4. The molecule has 7 nitrogen and oxygen atoms in total. The molecule has 0 unspecified atom stereocenters. The molecule has 0 amide bonds. The van der Waals surface area contributed by atoms with Crippen LogP contribution in [0.2, 0.25) is 0 Å². The van der Waals surface area contributed by atoms with E-state index in [1.54, 1.807) is 0 Å². The van der Waals surface area contributed by atoms with Gasteiger partial charge in [-0.1, -0.05) is 48.5 Å². The number of aromatic hydroxyl groups is 4. The minimum atomic E-state index is -0.195. The Morgan fingerprint density at radius 3 is 1.39 bits per heavy atom. The zero-order valence-electron chi connectivity index (χ0n) is 19.8. The summed E-state index contributed by atoms with van der Waals surface area (Å²) in [5, 5.41) is 42.8. The number of hydrogen-bond acceptors (Lipinski definition) is 7. The second-order valence-electron chi connectivity index (χ2n) is 9.14. The molecule has 4 N–H and O–H groups in total. The lowest BCUT2D eigenvalue weighted by Gasteiger charge is -2.12. The van der Waals surface area contributed by atoms with E-state index in [-0.39, 0.29) is 34.6 Å². The van der Waals surface area contributed by atoms with Gasteiger partial charge in [-0.05, 0) is 63.4 Å². The van der Waals surface area contributed by atoms with Crippen molar-refractivity contribution in [1.29, 1.82) is 0 Å². The van der Waals surface area contributed by atoms with Gasteiger partial charge in [-0.25, -0.2) is 15.0 Å². The van der Waals surface area contributed by atoms with E-state index in [4.69, 9.17) is 9.97 Å². The Balaban J connectivity index is 1.51. The summed E-state index contributed by atoms with van der Waals surface area (Å²) >= 11 is 0. The molecule has 0 aliphatic heterocycles. The monoisotopic (exact) mass is 497 g/mol. The molecule has 7 heteroatoms. The molecule has 7 rings (SSSR count). The molecule has 0 spiro atoms. The van der Waals surface area contributed by atoms with Gasteiger partial charge in [0, 0.05) is 17.7 Å². The molecule has 1 heterocycles. The first kappa shape index (κ1) is 21.8. The molecular formula is C31H19N3O4. The van der Waals surface area contributed by atoms with Gasteiger partial charge in [0.1, 0.15) is 23.0 Å². The van der Waals surface area contributed by atoms with Gasteiger partial charge in [0.05, 0.1) is 11.1 Å². The summed E-state index contributed by atoms with van der Waals surface area (Å²) in [6.45, 7) is 0. The summed E-state index contributed by atoms with van der Waals surface area (Å²) in [5.74, 6) is 0.110. The molecule has 0 saturated heterocycles. The van der Waals surface area contributed by atoms with Crippen molar-refractivity contribution in [3.05, 3.63) is 91.0 Å². The molecule has 0 bridgehead atoms. The lowest BCUT2D eigenvalue weighted by Crippen LogP contribution is -2.01. The quantitative estimate of drug-likeness (QED) is 0.220. The highest BCUT2D eigenvalue weighted by molar-refractivity contribution is 6.18. The second-order valence-corrected chi connectivity index (χ2v) is 9.14. The number of hydrogen-bond donors (Lipinski definition) is 4. The number of aromatic nitrogens is 3. The predicted octanol–water partition coefficient (Wildman–Crippen LogP) is 6.50. The van der Waals surface area contributed by atoms with Crippen molar-refractivity contribution < 1.29 is 20.4 Å². The highest BCUT2D eigenvalue weighted by Crippen LogP contribution is 2.49. The highest BCUT2D eigenvalue weighted by atomic mass is 16.3. The van der Waals surface area contributed by atoms with Crippen LogP contribution in [-0.4, -0.2) is 35.4 Å². The van der Waals surface area contributed by atoms with Crippen LogP contribution >= 0.6 is 0 Å². The Morgan fingerprint density at radius 1 is 0.395 bits per heavy atom. The fourth-order valence-electron chi connectivity index (χ4n) is 5.16. The average Bonchev–Trinajstić information content (AvgIpc) is 3.24. The van der Waals surface area contributed by atoms with Crippen LogP contribution in [0.15, 0.2) is 91.0 Å². The van der Waals surface area contributed by atoms with Crippen LogP contribution in [0.5, 0.6) is 23.0 Å². The maximum atomic E-state index is 10.6. The van der Waals surface area contributed by atoms with Crippen molar-refractivity contribution in [3.63, 3.8) is 0 Å². The van der Waals surface area contributed by atoms with Gasteiger partial charge in [0.2, 0.25) is 0 Å². The van der Waals surface area contributed by atoms with Crippen molar-refractivity contribution in [2.24, 2.45) is 0 Å². The van der Waals surface area contributed by atoms with E-state index < -0.39 is 0 Å². The van der Waals surface area contributed by atoms with Crippen LogP contribution in [0.3, 0.4) is 0 Å². The molecule has 5 aromatic carbocycles. The molecule has 1 aromatic heterocycles. The van der Waals surface area contributed by atoms with E-state index in [0.29, 0.717) is 17.0 Å². The van der Waals surface area contributed by atoms with E-state index >= 15 is 0 Å². The number of phenols is 4. The van der Waals surface area contributed by atoms with Crippen molar-refractivity contribution in [2.45, 2.75) is 0 Å². The van der Waals surface area contributed by atoms with Crippen molar-refractivity contribution in [3.8, 4) is 79.4 Å². The Morgan fingerprint density at radius 2 is 0.842 bits per heavy atom. The second kappa shape index (κ2) is 8.04. The standard InChI is InChI=1S/C31H19N3O4/c35-16-8-10-24(26(37)14-16)30-32-29(33-31(34-30)25-11-9-17(36)15-27(25)38)23-13-12-22-19-5-2-1-4-18(19)20-6-3-7-21(23)28(20)22/h1-15,35-38H. The van der Waals surface area contributed by atoms with Gasteiger partial charge in [0.25, 0.3) is 0 Å². The van der Waals surface area contributed by atoms with Crippen molar-refractivity contribution >= 4 is 10.8 Å². The largest absolute Gasteiger partial charge is 0.508 e. The number of benzene rings is 5. The minimum Gasteiger partial charge on any atom is -0.508 e. The van der Waals surface area contributed by atoms with Crippen LogP contribution < -0.4 is 0 Å². The number of fused-ring (bicyclic) bond motifs is 3. The zero-order valence-corrected chi connectivity index (χ0v) is 19.8. The van der Waals surface area contributed by atoms with Gasteiger partial charge in [-0.15, -0.1) is 0 Å². The SMILES string of the molecule is Oc1ccc(-c2nc(-c3ccc(O)cc3O)nc(-c3ccc4c5c(cccc35)-c3ccccc3-4)n2)c(O)c1. The summed E-state index contributed by atoms with van der Waals surface area (Å²) < 4.78 is 0. The maximum Gasteiger partial charge on any atom is 0.167 e. The topological polar surface area (TPSA) is 120 Å². The molecule has 1 aliphatic carbocycles. The molecule has 6 aromatic rings. The summed E-state index contributed by atoms with van der Waals surface area (Å²) in [7, 11) is 0. The normalized spacial score (nSPS) is 11.6. The third kappa shape index (κ3) is 3.26. The Bertz CT molecular complexity index is 1830. The Labute approximate surface area is 216 Å². The molecule has 0 fully saturated rings. The Kier molecular flexibility index (Phi) is 4.62. The molecule has 0 radical (unpaired) electrons.